The number of benzene rings is 2. The maximum atomic E-state index is 12.6. The number of amides is 1. The highest BCUT2D eigenvalue weighted by Crippen LogP contribution is 2.27. The highest BCUT2D eigenvalue weighted by Gasteiger charge is 2.19. The van der Waals surface area contributed by atoms with Crippen LogP contribution in [-0.4, -0.2) is 50.1 Å². The molecule has 0 atom stereocenters. The van der Waals surface area contributed by atoms with Gasteiger partial charge in [-0.2, -0.15) is 0 Å². The molecule has 1 saturated heterocycles. The molecule has 2 aromatic rings. The van der Waals surface area contributed by atoms with Crippen LogP contribution in [0.1, 0.15) is 24.2 Å². The van der Waals surface area contributed by atoms with Gasteiger partial charge in [-0.1, -0.05) is 19.1 Å². The molecular formula is C21H27N3O2. The van der Waals surface area contributed by atoms with E-state index in [0.717, 1.165) is 49.8 Å². The lowest BCUT2D eigenvalue weighted by Gasteiger charge is -2.36. The van der Waals surface area contributed by atoms with E-state index >= 15 is 0 Å². The van der Waals surface area contributed by atoms with Gasteiger partial charge in [0.25, 0.3) is 5.91 Å². The van der Waals surface area contributed by atoms with Crippen molar-refractivity contribution in [3.63, 3.8) is 0 Å². The van der Waals surface area contributed by atoms with Crippen LogP contribution in [0.2, 0.25) is 0 Å². The molecule has 26 heavy (non-hydrogen) atoms. The smallest absolute Gasteiger partial charge is 0.255 e. The first-order valence-electron chi connectivity index (χ1n) is 9.31. The predicted octanol–water partition coefficient (Wildman–Crippen LogP) is 3.48. The summed E-state index contributed by atoms with van der Waals surface area (Å²) in [4.78, 5) is 17.4. The SMILES string of the molecule is CCOc1ccc(C(=O)Nc2ccccc2N2CCN(CC)CC2)cc1. The van der Waals surface area contributed by atoms with Gasteiger partial charge in [0.1, 0.15) is 5.75 Å². The van der Waals surface area contributed by atoms with Crippen LogP contribution in [0.25, 0.3) is 0 Å². The fraction of sp³-hybridized carbons (Fsp3) is 0.381. The number of hydrogen-bond acceptors (Lipinski definition) is 4. The third-order valence-electron chi connectivity index (χ3n) is 4.74. The molecule has 138 valence electrons. The summed E-state index contributed by atoms with van der Waals surface area (Å²) in [6.07, 6.45) is 0. The Morgan fingerprint density at radius 3 is 2.35 bits per heavy atom. The van der Waals surface area contributed by atoms with Gasteiger partial charge in [0.2, 0.25) is 0 Å². The van der Waals surface area contributed by atoms with E-state index in [4.69, 9.17) is 4.74 Å². The minimum Gasteiger partial charge on any atom is -0.494 e. The average Bonchev–Trinajstić information content (AvgIpc) is 2.69. The lowest BCUT2D eigenvalue weighted by atomic mass is 10.1. The normalized spacial score (nSPS) is 14.9. The van der Waals surface area contributed by atoms with Crippen molar-refractivity contribution in [2.75, 3.05) is 49.5 Å². The van der Waals surface area contributed by atoms with Gasteiger partial charge in [0, 0.05) is 31.7 Å². The third-order valence-corrected chi connectivity index (χ3v) is 4.74. The number of hydrogen-bond donors (Lipinski definition) is 1. The van der Waals surface area contributed by atoms with Crippen molar-refractivity contribution < 1.29 is 9.53 Å². The quantitative estimate of drug-likeness (QED) is 0.864. The van der Waals surface area contributed by atoms with Crippen molar-refractivity contribution in [1.82, 2.24) is 4.90 Å². The van der Waals surface area contributed by atoms with Crippen molar-refractivity contribution in [1.29, 1.82) is 0 Å². The van der Waals surface area contributed by atoms with Crippen LogP contribution < -0.4 is 15.0 Å². The second kappa shape index (κ2) is 8.72. The predicted molar refractivity (Wildman–Crippen MR) is 106 cm³/mol. The summed E-state index contributed by atoms with van der Waals surface area (Å²) >= 11 is 0. The van der Waals surface area contributed by atoms with E-state index < -0.39 is 0 Å². The van der Waals surface area contributed by atoms with E-state index in [-0.39, 0.29) is 5.91 Å². The maximum Gasteiger partial charge on any atom is 0.255 e. The van der Waals surface area contributed by atoms with Crippen LogP contribution in [0, 0.1) is 0 Å². The Morgan fingerprint density at radius 1 is 1.00 bits per heavy atom. The number of carbonyl (C=O) groups excluding carboxylic acids is 1. The van der Waals surface area contributed by atoms with Gasteiger partial charge in [-0.15, -0.1) is 0 Å². The second-order valence-electron chi connectivity index (χ2n) is 6.35. The molecule has 0 aliphatic carbocycles. The zero-order valence-electron chi connectivity index (χ0n) is 15.6. The first-order valence-corrected chi connectivity index (χ1v) is 9.31. The Balaban J connectivity index is 1.70. The second-order valence-corrected chi connectivity index (χ2v) is 6.35. The summed E-state index contributed by atoms with van der Waals surface area (Å²) in [5.74, 6) is 0.672. The standard InChI is InChI=1S/C21H27N3O2/c1-3-23-13-15-24(16-14-23)20-8-6-5-7-19(20)22-21(25)17-9-11-18(12-10-17)26-4-2/h5-12H,3-4,13-16H2,1-2H3,(H,22,25). The van der Waals surface area contributed by atoms with Crippen molar-refractivity contribution >= 4 is 17.3 Å². The van der Waals surface area contributed by atoms with Crippen LogP contribution >= 0.6 is 0 Å². The number of rotatable bonds is 6. The number of anilines is 2. The number of nitrogens with zero attached hydrogens (tertiary/aromatic N) is 2. The molecule has 3 rings (SSSR count). The molecule has 1 N–H and O–H groups in total. The molecule has 0 spiro atoms. The number of para-hydroxylation sites is 2. The van der Waals surface area contributed by atoms with Crippen LogP contribution in [0.15, 0.2) is 48.5 Å². The maximum absolute atomic E-state index is 12.6. The van der Waals surface area contributed by atoms with E-state index in [2.05, 4.69) is 28.1 Å². The van der Waals surface area contributed by atoms with Crippen LogP contribution in [-0.2, 0) is 0 Å². The summed E-state index contributed by atoms with van der Waals surface area (Å²) in [6.45, 7) is 9.90. The third kappa shape index (κ3) is 4.35. The highest BCUT2D eigenvalue weighted by molar-refractivity contribution is 6.06. The van der Waals surface area contributed by atoms with Crippen molar-refractivity contribution in [2.24, 2.45) is 0 Å². The lowest BCUT2D eigenvalue weighted by molar-refractivity contribution is 0.102. The van der Waals surface area contributed by atoms with E-state index in [1.807, 2.05) is 37.3 Å². The van der Waals surface area contributed by atoms with Crippen LogP contribution in [0.3, 0.4) is 0 Å². The summed E-state index contributed by atoms with van der Waals surface area (Å²) in [7, 11) is 0. The summed E-state index contributed by atoms with van der Waals surface area (Å²) in [5.41, 5.74) is 2.57. The molecule has 0 unspecified atom stereocenters. The summed E-state index contributed by atoms with van der Waals surface area (Å²) in [5, 5.41) is 3.07. The van der Waals surface area contributed by atoms with Gasteiger partial charge in [-0.3, -0.25) is 4.79 Å². The zero-order valence-corrected chi connectivity index (χ0v) is 15.6. The molecule has 0 saturated carbocycles. The van der Waals surface area contributed by atoms with Gasteiger partial charge >= 0.3 is 0 Å². The molecule has 2 aromatic carbocycles. The fourth-order valence-electron chi connectivity index (χ4n) is 3.22. The molecule has 1 fully saturated rings. The average molecular weight is 353 g/mol. The Bertz CT molecular complexity index is 722. The minimum absolute atomic E-state index is 0.104. The molecule has 1 heterocycles. The number of likely N-dealkylation sites (N-methyl/N-ethyl adjacent to an activating group) is 1. The van der Waals surface area contributed by atoms with Gasteiger partial charge in [-0.25, -0.2) is 0 Å². The first kappa shape index (κ1) is 18.3. The Hall–Kier alpha value is -2.53. The molecule has 0 bridgehead atoms. The molecule has 0 aromatic heterocycles. The largest absolute Gasteiger partial charge is 0.494 e. The minimum atomic E-state index is -0.104. The number of carbonyl (C=O) groups is 1. The van der Waals surface area contributed by atoms with E-state index in [9.17, 15) is 4.79 Å². The molecule has 5 nitrogen and oxygen atoms in total. The molecule has 1 aliphatic heterocycles. The van der Waals surface area contributed by atoms with Crippen LogP contribution in [0.4, 0.5) is 11.4 Å². The number of piperazine rings is 1. The van der Waals surface area contributed by atoms with Crippen molar-refractivity contribution in [2.45, 2.75) is 13.8 Å². The fourth-order valence-corrected chi connectivity index (χ4v) is 3.22. The first-order chi connectivity index (χ1) is 12.7. The van der Waals surface area contributed by atoms with Gasteiger partial charge in [-0.05, 0) is 49.9 Å². The molecular weight excluding hydrogens is 326 g/mol. The zero-order chi connectivity index (χ0) is 18.4. The van der Waals surface area contributed by atoms with Crippen LogP contribution in [0.5, 0.6) is 5.75 Å². The highest BCUT2D eigenvalue weighted by atomic mass is 16.5. The number of nitrogens with one attached hydrogen (secondary N) is 1. The van der Waals surface area contributed by atoms with Gasteiger partial charge < -0.3 is 19.9 Å². The number of ether oxygens (including phenoxy) is 1. The Labute approximate surface area is 155 Å². The van der Waals surface area contributed by atoms with E-state index in [0.29, 0.717) is 12.2 Å². The van der Waals surface area contributed by atoms with Gasteiger partial charge in [0.05, 0.1) is 18.0 Å². The molecule has 1 aliphatic rings. The summed E-state index contributed by atoms with van der Waals surface area (Å²) < 4.78 is 5.43. The Morgan fingerprint density at radius 2 is 1.69 bits per heavy atom. The summed E-state index contributed by atoms with van der Waals surface area (Å²) in [6, 6.07) is 15.3. The monoisotopic (exact) mass is 353 g/mol. The molecule has 1 amide bonds. The molecule has 5 heteroatoms. The molecule has 0 radical (unpaired) electrons. The van der Waals surface area contributed by atoms with Crippen molar-refractivity contribution in [3.8, 4) is 5.75 Å². The van der Waals surface area contributed by atoms with E-state index in [1.165, 1.54) is 0 Å². The Kier molecular flexibility index (Phi) is 6.12. The topological polar surface area (TPSA) is 44.8 Å². The van der Waals surface area contributed by atoms with Gasteiger partial charge in [0.15, 0.2) is 0 Å². The lowest BCUT2D eigenvalue weighted by Crippen LogP contribution is -2.46. The van der Waals surface area contributed by atoms with Crippen molar-refractivity contribution in [3.05, 3.63) is 54.1 Å². The van der Waals surface area contributed by atoms with E-state index in [1.54, 1.807) is 12.1 Å².